The highest BCUT2D eigenvalue weighted by Gasteiger charge is 2.30. The number of aromatic nitrogens is 2. The Morgan fingerprint density at radius 1 is 1.13 bits per heavy atom. The van der Waals surface area contributed by atoms with E-state index in [0.29, 0.717) is 36.3 Å². The maximum absolute atomic E-state index is 13.1. The number of carbonyl (C=O) groups is 1. The van der Waals surface area contributed by atoms with Crippen LogP contribution in [0.4, 0.5) is 0 Å². The number of methoxy groups -OCH3 is 1. The van der Waals surface area contributed by atoms with Crippen LogP contribution in [0.1, 0.15) is 11.6 Å². The topological polar surface area (TPSA) is 96.4 Å². The van der Waals surface area contributed by atoms with Gasteiger partial charge < -0.3 is 19.9 Å². The van der Waals surface area contributed by atoms with Crippen LogP contribution in [0, 0.1) is 0 Å². The Balaban J connectivity index is 0.00000256. The fourth-order valence-corrected chi connectivity index (χ4v) is 3.79. The molecular weight excluding hydrogens is 408 g/mol. The van der Waals surface area contributed by atoms with E-state index in [2.05, 4.69) is 10.3 Å². The van der Waals surface area contributed by atoms with Crippen LogP contribution in [-0.2, 0) is 11.3 Å². The average Bonchev–Trinajstić information content (AvgIpc) is 2.76. The smallest absolute Gasteiger partial charge is 0.329 e. The molecule has 8 nitrogen and oxygen atoms in total. The van der Waals surface area contributed by atoms with Gasteiger partial charge in [-0.1, -0.05) is 30.3 Å². The van der Waals surface area contributed by atoms with Crippen molar-refractivity contribution in [3.63, 3.8) is 0 Å². The monoisotopic (exact) mass is 430 g/mol. The van der Waals surface area contributed by atoms with Gasteiger partial charge in [-0.25, -0.2) is 4.79 Å². The molecule has 2 N–H and O–H groups in total. The van der Waals surface area contributed by atoms with E-state index in [1.807, 2.05) is 24.3 Å². The molecule has 0 bridgehead atoms. The average molecular weight is 431 g/mol. The van der Waals surface area contributed by atoms with Crippen LogP contribution >= 0.6 is 12.4 Å². The number of benzene rings is 2. The molecule has 1 aromatic heterocycles. The molecule has 4 rings (SSSR count). The molecule has 2 aromatic carbocycles. The Morgan fingerprint density at radius 2 is 1.87 bits per heavy atom. The lowest BCUT2D eigenvalue weighted by atomic mass is 10.0. The lowest BCUT2D eigenvalue weighted by Crippen LogP contribution is -2.51. The molecule has 1 aliphatic heterocycles. The largest absolute Gasteiger partial charge is 0.496 e. The number of hydrogen-bond donors (Lipinski definition) is 2. The fraction of sp³-hybridized carbons (Fsp3) is 0.286. The van der Waals surface area contributed by atoms with Crippen LogP contribution in [0.3, 0.4) is 0 Å². The number of piperazine rings is 1. The summed E-state index contributed by atoms with van der Waals surface area (Å²) >= 11 is 0. The van der Waals surface area contributed by atoms with Gasteiger partial charge in [-0.05, 0) is 18.2 Å². The predicted molar refractivity (Wildman–Crippen MR) is 116 cm³/mol. The van der Waals surface area contributed by atoms with E-state index in [1.54, 1.807) is 36.3 Å². The molecule has 1 amide bonds. The van der Waals surface area contributed by atoms with Crippen LogP contribution < -0.4 is 21.3 Å². The number of nitrogens with zero attached hydrogens (tertiary/aromatic N) is 2. The van der Waals surface area contributed by atoms with Crippen molar-refractivity contribution < 1.29 is 9.53 Å². The highest BCUT2D eigenvalue weighted by Crippen LogP contribution is 2.30. The Labute approximate surface area is 178 Å². The number of H-pyrrole nitrogens is 1. The van der Waals surface area contributed by atoms with E-state index in [4.69, 9.17) is 4.74 Å². The summed E-state index contributed by atoms with van der Waals surface area (Å²) in [4.78, 5) is 42.7. The van der Waals surface area contributed by atoms with E-state index in [-0.39, 0.29) is 30.9 Å². The normalized spacial score (nSPS) is 16.2. The number of carbonyl (C=O) groups excluding carboxylic acids is 1. The third-order valence-corrected chi connectivity index (χ3v) is 5.24. The second-order valence-corrected chi connectivity index (χ2v) is 6.92. The SMILES string of the molecule is COc1ccccc1C1CNCCN1C(=O)Cn1c(=O)[nH]c2ccccc2c1=O.Cl. The van der Waals surface area contributed by atoms with Gasteiger partial charge in [0, 0.05) is 25.2 Å². The second-order valence-electron chi connectivity index (χ2n) is 6.92. The van der Waals surface area contributed by atoms with Gasteiger partial charge in [0.25, 0.3) is 5.56 Å². The summed E-state index contributed by atoms with van der Waals surface area (Å²) in [5, 5.41) is 3.67. The Bertz CT molecular complexity index is 1170. The Kier molecular flexibility index (Phi) is 6.59. The first-order valence-corrected chi connectivity index (χ1v) is 9.45. The number of aromatic amines is 1. The highest BCUT2D eigenvalue weighted by molar-refractivity contribution is 5.85. The maximum Gasteiger partial charge on any atom is 0.329 e. The first-order chi connectivity index (χ1) is 14.1. The standard InChI is InChI=1S/C21H22N4O4.ClH/c1-29-18-9-5-3-7-15(18)17-12-22-10-11-24(17)19(26)13-25-20(27)14-6-2-4-8-16(14)23-21(25)28;/h2-9,17,22H,10-13H2,1H3,(H,23,28);1H. The summed E-state index contributed by atoms with van der Waals surface area (Å²) in [5.41, 5.74) is 0.281. The zero-order chi connectivity index (χ0) is 20.4. The minimum Gasteiger partial charge on any atom is -0.496 e. The van der Waals surface area contributed by atoms with Crippen molar-refractivity contribution in [3.8, 4) is 5.75 Å². The van der Waals surface area contributed by atoms with Crippen molar-refractivity contribution in [2.45, 2.75) is 12.6 Å². The third kappa shape index (κ3) is 3.96. The van der Waals surface area contributed by atoms with Gasteiger partial charge in [0.05, 0.1) is 24.1 Å². The van der Waals surface area contributed by atoms with Crippen LogP contribution in [0.5, 0.6) is 5.75 Å². The van der Waals surface area contributed by atoms with Crippen molar-refractivity contribution in [1.82, 2.24) is 19.8 Å². The van der Waals surface area contributed by atoms with Gasteiger partial charge in [0.15, 0.2) is 0 Å². The number of ether oxygens (including phenoxy) is 1. The van der Waals surface area contributed by atoms with E-state index in [1.165, 1.54) is 0 Å². The number of fused-ring (bicyclic) bond motifs is 1. The highest BCUT2D eigenvalue weighted by atomic mass is 35.5. The van der Waals surface area contributed by atoms with E-state index >= 15 is 0 Å². The van der Waals surface area contributed by atoms with Crippen molar-refractivity contribution in [2.75, 3.05) is 26.7 Å². The Morgan fingerprint density at radius 3 is 2.67 bits per heavy atom. The minimum atomic E-state index is -0.592. The van der Waals surface area contributed by atoms with Gasteiger partial charge >= 0.3 is 5.69 Å². The summed E-state index contributed by atoms with van der Waals surface area (Å²) in [6.07, 6.45) is 0. The zero-order valence-electron chi connectivity index (χ0n) is 16.5. The third-order valence-electron chi connectivity index (χ3n) is 5.24. The summed E-state index contributed by atoms with van der Waals surface area (Å²) in [5.74, 6) is 0.407. The number of halogens is 1. The molecule has 1 atom stereocenters. The summed E-state index contributed by atoms with van der Waals surface area (Å²) < 4.78 is 6.42. The molecule has 0 spiro atoms. The molecule has 9 heteroatoms. The van der Waals surface area contributed by atoms with Gasteiger partial charge in [-0.3, -0.25) is 14.2 Å². The van der Waals surface area contributed by atoms with Crippen molar-refractivity contribution in [2.24, 2.45) is 0 Å². The van der Waals surface area contributed by atoms with Crippen molar-refractivity contribution in [3.05, 3.63) is 74.9 Å². The van der Waals surface area contributed by atoms with Crippen LogP contribution in [0.2, 0.25) is 0 Å². The van der Waals surface area contributed by atoms with Crippen LogP contribution in [0.15, 0.2) is 58.1 Å². The first kappa shape index (κ1) is 21.6. The molecule has 0 radical (unpaired) electrons. The summed E-state index contributed by atoms with van der Waals surface area (Å²) in [7, 11) is 1.59. The molecule has 0 aliphatic carbocycles. The predicted octanol–water partition coefficient (Wildman–Crippen LogP) is 1.29. The minimum absolute atomic E-state index is 0. The number of rotatable bonds is 4. The fourth-order valence-electron chi connectivity index (χ4n) is 3.79. The van der Waals surface area contributed by atoms with Gasteiger partial charge in [-0.2, -0.15) is 0 Å². The zero-order valence-corrected chi connectivity index (χ0v) is 17.3. The first-order valence-electron chi connectivity index (χ1n) is 9.45. The van der Waals surface area contributed by atoms with E-state index < -0.39 is 11.2 Å². The maximum atomic E-state index is 13.1. The molecular formula is C21H23ClN4O4. The Hall–Kier alpha value is -3.10. The van der Waals surface area contributed by atoms with Crippen LogP contribution in [-0.4, -0.2) is 47.1 Å². The quantitative estimate of drug-likeness (QED) is 0.650. The second kappa shape index (κ2) is 9.15. The van der Waals surface area contributed by atoms with Crippen molar-refractivity contribution in [1.29, 1.82) is 0 Å². The molecule has 1 fully saturated rings. The molecule has 1 aliphatic rings. The summed E-state index contributed by atoms with van der Waals surface area (Å²) in [6, 6.07) is 14.1. The lowest BCUT2D eigenvalue weighted by Gasteiger charge is -2.37. The number of hydrogen-bond acceptors (Lipinski definition) is 5. The van der Waals surface area contributed by atoms with E-state index in [9.17, 15) is 14.4 Å². The molecule has 0 saturated carbocycles. The van der Waals surface area contributed by atoms with Crippen LogP contribution in [0.25, 0.3) is 10.9 Å². The number of nitrogens with one attached hydrogen (secondary N) is 2. The van der Waals surface area contributed by atoms with Gasteiger partial charge in [0.1, 0.15) is 12.3 Å². The molecule has 1 saturated heterocycles. The van der Waals surface area contributed by atoms with Crippen molar-refractivity contribution >= 4 is 29.2 Å². The van der Waals surface area contributed by atoms with E-state index in [0.717, 1.165) is 10.1 Å². The lowest BCUT2D eigenvalue weighted by molar-refractivity contribution is -0.135. The number of amides is 1. The van der Waals surface area contributed by atoms with Gasteiger partial charge in [-0.15, -0.1) is 12.4 Å². The van der Waals surface area contributed by atoms with Gasteiger partial charge in [0.2, 0.25) is 5.91 Å². The molecule has 1 unspecified atom stereocenters. The molecule has 30 heavy (non-hydrogen) atoms. The molecule has 3 aromatic rings. The number of para-hydroxylation sites is 2. The molecule has 158 valence electrons. The summed E-state index contributed by atoms with van der Waals surface area (Å²) in [6.45, 7) is 1.36. The molecule has 2 heterocycles.